The summed E-state index contributed by atoms with van der Waals surface area (Å²) in [7, 11) is 0. The molecule has 0 bridgehead atoms. The van der Waals surface area contributed by atoms with E-state index in [9.17, 15) is 0 Å². The Labute approximate surface area is 110 Å². The molecule has 0 spiro atoms. The molecule has 2 aliphatic heterocycles. The molecule has 0 aliphatic carbocycles. The van der Waals surface area contributed by atoms with Crippen LogP contribution >= 0.6 is 0 Å². The molecular weight excluding hydrogens is 228 g/mol. The van der Waals surface area contributed by atoms with Crippen LogP contribution in [0.25, 0.3) is 0 Å². The monoisotopic (exact) mass is 256 g/mol. The standard InChI is InChI=1S/C14H28N2O2/c15-11-14(4-8-18-9-5-14)12-16-6-1-2-13(10-16)3-7-17/h13,17H,1-12,15H2. The Bertz CT molecular complexity index is 240. The fourth-order valence-corrected chi connectivity index (χ4v) is 3.42. The van der Waals surface area contributed by atoms with E-state index in [2.05, 4.69) is 4.90 Å². The molecule has 4 heteroatoms. The normalized spacial score (nSPS) is 29.3. The molecule has 0 radical (unpaired) electrons. The quantitative estimate of drug-likeness (QED) is 0.765. The van der Waals surface area contributed by atoms with E-state index in [-0.39, 0.29) is 5.41 Å². The van der Waals surface area contributed by atoms with Crippen LogP contribution in [0.4, 0.5) is 0 Å². The first-order chi connectivity index (χ1) is 8.78. The van der Waals surface area contributed by atoms with Crippen molar-refractivity contribution >= 4 is 0 Å². The molecule has 0 aromatic carbocycles. The van der Waals surface area contributed by atoms with Crippen LogP contribution in [0.1, 0.15) is 32.1 Å². The maximum absolute atomic E-state index is 9.07. The predicted octanol–water partition coefficient (Wildman–Crippen LogP) is 0.836. The number of aliphatic hydroxyl groups is 1. The zero-order valence-electron chi connectivity index (χ0n) is 11.4. The van der Waals surface area contributed by atoms with Gasteiger partial charge in [0.1, 0.15) is 0 Å². The predicted molar refractivity (Wildman–Crippen MR) is 72.4 cm³/mol. The van der Waals surface area contributed by atoms with Crippen molar-refractivity contribution in [1.29, 1.82) is 0 Å². The minimum atomic E-state index is 0.277. The minimum absolute atomic E-state index is 0.277. The van der Waals surface area contributed by atoms with Crippen molar-refractivity contribution in [2.75, 3.05) is 46.0 Å². The average Bonchev–Trinajstić information content (AvgIpc) is 2.41. The topological polar surface area (TPSA) is 58.7 Å². The average molecular weight is 256 g/mol. The largest absolute Gasteiger partial charge is 0.396 e. The lowest BCUT2D eigenvalue weighted by atomic mass is 9.79. The van der Waals surface area contributed by atoms with Gasteiger partial charge >= 0.3 is 0 Å². The summed E-state index contributed by atoms with van der Waals surface area (Å²) in [6.45, 7) is 6.30. The van der Waals surface area contributed by atoms with Crippen molar-refractivity contribution in [1.82, 2.24) is 4.90 Å². The first-order valence-electron chi connectivity index (χ1n) is 7.39. The molecule has 2 fully saturated rings. The Morgan fingerprint density at radius 2 is 2.11 bits per heavy atom. The summed E-state index contributed by atoms with van der Waals surface area (Å²) in [6.07, 6.45) is 5.70. The molecule has 1 atom stereocenters. The van der Waals surface area contributed by atoms with E-state index in [1.165, 1.54) is 19.4 Å². The second kappa shape index (κ2) is 6.85. The smallest absolute Gasteiger partial charge is 0.0472 e. The van der Waals surface area contributed by atoms with Crippen molar-refractivity contribution < 1.29 is 9.84 Å². The van der Waals surface area contributed by atoms with Gasteiger partial charge in [0.25, 0.3) is 0 Å². The fourth-order valence-electron chi connectivity index (χ4n) is 3.42. The van der Waals surface area contributed by atoms with Gasteiger partial charge in [-0.05, 0) is 56.5 Å². The zero-order valence-corrected chi connectivity index (χ0v) is 11.4. The molecule has 4 nitrogen and oxygen atoms in total. The summed E-state index contributed by atoms with van der Waals surface area (Å²) in [6, 6.07) is 0. The molecule has 106 valence electrons. The molecule has 2 saturated heterocycles. The highest BCUT2D eigenvalue weighted by Crippen LogP contribution is 2.32. The summed E-state index contributed by atoms with van der Waals surface area (Å²) < 4.78 is 5.47. The van der Waals surface area contributed by atoms with E-state index in [1.54, 1.807) is 0 Å². The molecule has 1 unspecified atom stereocenters. The lowest BCUT2D eigenvalue weighted by molar-refractivity contribution is -0.00783. The number of ether oxygens (including phenoxy) is 1. The number of nitrogens with zero attached hydrogens (tertiary/aromatic N) is 1. The maximum Gasteiger partial charge on any atom is 0.0472 e. The van der Waals surface area contributed by atoms with E-state index in [1.807, 2.05) is 0 Å². The van der Waals surface area contributed by atoms with Crippen LogP contribution in [0.15, 0.2) is 0 Å². The maximum atomic E-state index is 9.07. The summed E-state index contributed by atoms with van der Waals surface area (Å²) in [5.74, 6) is 0.679. The third-order valence-electron chi connectivity index (χ3n) is 4.69. The molecular formula is C14H28N2O2. The van der Waals surface area contributed by atoms with Crippen molar-refractivity contribution in [2.24, 2.45) is 17.1 Å². The van der Waals surface area contributed by atoms with Gasteiger partial charge in [-0.25, -0.2) is 0 Å². The first-order valence-corrected chi connectivity index (χ1v) is 7.39. The fraction of sp³-hybridized carbons (Fsp3) is 1.00. The van der Waals surface area contributed by atoms with Gasteiger partial charge in [0.05, 0.1) is 0 Å². The van der Waals surface area contributed by atoms with E-state index in [0.29, 0.717) is 12.5 Å². The van der Waals surface area contributed by atoms with Crippen LogP contribution in [0.5, 0.6) is 0 Å². The second-order valence-corrected chi connectivity index (χ2v) is 6.07. The van der Waals surface area contributed by atoms with Crippen LogP contribution in [-0.2, 0) is 4.74 Å². The van der Waals surface area contributed by atoms with Crippen LogP contribution in [0, 0.1) is 11.3 Å². The SMILES string of the molecule is NCC1(CN2CCCC(CCO)C2)CCOCC1. The number of piperidine rings is 1. The lowest BCUT2D eigenvalue weighted by Gasteiger charge is -2.43. The van der Waals surface area contributed by atoms with E-state index in [0.717, 1.165) is 52.1 Å². The highest BCUT2D eigenvalue weighted by atomic mass is 16.5. The molecule has 2 aliphatic rings. The van der Waals surface area contributed by atoms with Crippen molar-refractivity contribution in [3.05, 3.63) is 0 Å². The van der Waals surface area contributed by atoms with Crippen molar-refractivity contribution in [3.63, 3.8) is 0 Å². The summed E-state index contributed by atoms with van der Waals surface area (Å²) in [5.41, 5.74) is 6.30. The van der Waals surface area contributed by atoms with E-state index >= 15 is 0 Å². The van der Waals surface area contributed by atoms with Gasteiger partial charge in [0.2, 0.25) is 0 Å². The third-order valence-corrected chi connectivity index (χ3v) is 4.69. The Balaban J connectivity index is 1.86. The van der Waals surface area contributed by atoms with Crippen LogP contribution in [0.2, 0.25) is 0 Å². The van der Waals surface area contributed by atoms with Gasteiger partial charge in [-0.3, -0.25) is 0 Å². The van der Waals surface area contributed by atoms with Crippen molar-refractivity contribution in [3.8, 4) is 0 Å². The molecule has 3 N–H and O–H groups in total. The number of hydrogen-bond acceptors (Lipinski definition) is 4. The first kappa shape index (κ1) is 14.3. The molecule has 0 saturated carbocycles. The number of nitrogens with two attached hydrogens (primary N) is 1. The highest BCUT2D eigenvalue weighted by molar-refractivity contribution is 4.87. The Kier molecular flexibility index (Phi) is 5.42. The van der Waals surface area contributed by atoms with E-state index < -0.39 is 0 Å². The summed E-state index contributed by atoms with van der Waals surface area (Å²) >= 11 is 0. The highest BCUT2D eigenvalue weighted by Gasteiger charge is 2.34. The molecule has 2 rings (SSSR count). The number of likely N-dealkylation sites (tertiary alicyclic amines) is 1. The lowest BCUT2D eigenvalue weighted by Crippen LogP contribution is -2.48. The minimum Gasteiger partial charge on any atom is -0.396 e. The summed E-state index contributed by atoms with van der Waals surface area (Å²) in [4.78, 5) is 2.57. The molecule has 18 heavy (non-hydrogen) atoms. The number of aliphatic hydroxyl groups excluding tert-OH is 1. The van der Waals surface area contributed by atoms with Gasteiger partial charge in [-0.1, -0.05) is 0 Å². The molecule has 0 aromatic rings. The zero-order chi connectivity index (χ0) is 12.8. The molecule has 0 amide bonds. The third kappa shape index (κ3) is 3.67. The summed E-state index contributed by atoms with van der Waals surface area (Å²) in [5, 5.41) is 9.07. The second-order valence-electron chi connectivity index (χ2n) is 6.07. The van der Waals surface area contributed by atoms with Gasteiger partial charge < -0.3 is 20.5 Å². The van der Waals surface area contributed by atoms with Crippen LogP contribution in [-0.4, -0.2) is 56.0 Å². The Morgan fingerprint density at radius 3 is 2.78 bits per heavy atom. The van der Waals surface area contributed by atoms with Crippen molar-refractivity contribution in [2.45, 2.75) is 32.1 Å². The van der Waals surface area contributed by atoms with Crippen LogP contribution in [0.3, 0.4) is 0 Å². The Morgan fingerprint density at radius 1 is 1.33 bits per heavy atom. The number of rotatable bonds is 5. The molecule has 0 aromatic heterocycles. The van der Waals surface area contributed by atoms with Gasteiger partial charge in [0, 0.05) is 32.9 Å². The van der Waals surface area contributed by atoms with E-state index in [4.69, 9.17) is 15.6 Å². The van der Waals surface area contributed by atoms with Crippen LogP contribution < -0.4 is 5.73 Å². The Hall–Kier alpha value is -0.160. The molecule has 2 heterocycles. The van der Waals surface area contributed by atoms with Gasteiger partial charge in [-0.2, -0.15) is 0 Å². The van der Waals surface area contributed by atoms with Gasteiger partial charge in [0.15, 0.2) is 0 Å². The van der Waals surface area contributed by atoms with Gasteiger partial charge in [-0.15, -0.1) is 0 Å². The number of hydrogen-bond donors (Lipinski definition) is 2.